The van der Waals surface area contributed by atoms with E-state index in [-0.39, 0.29) is 0 Å². The van der Waals surface area contributed by atoms with Crippen LogP contribution < -0.4 is 4.90 Å². The summed E-state index contributed by atoms with van der Waals surface area (Å²) in [5, 5.41) is 9.66. The fourth-order valence-corrected chi connectivity index (χ4v) is 2.35. The van der Waals surface area contributed by atoms with E-state index in [2.05, 4.69) is 4.98 Å². The van der Waals surface area contributed by atoms with Crippen LogP contribution in [0.5, 0.6) is 0 Å². The van der Waals surface area contributed by atoms with E-state index < -0.39 is 12.0 Å². The molecule has 2 rings (SSSR count). The van der Waals surface area contributed by atoms with Crippen LogP contribution in [0.1, 0.15) is 6.92 Å². The molecule has 0 spiro atoms. The second-order valence-corrected chi connectivity index (χ2v) is 4.60. The lowest BCUT2D eigenvalue weighted by Gasteiger charge is -2.19. The van der Waals surface area contributed by atoms with Crippen LogP contribution >= 0.6 is 11.3 Å². The van der Waals surface area contributed by atoms with Crippen LogP contribution in [0.15, 0.2) is 24.3 Å². The third-order valence-corrected chi connectivity index (χ3v) is 3.65. The summed E-state index contributed by atoms with van der Waals surface area (Å²) in [4.78, 5) is 16.9. The molecule has 0 saturated carbocycles. The van der Waals surface area contributed by atoms with Gasteiger partial charge in [-0.1, -0.05) is 23.5 Å². The van der Waals surface area contributed by atoms with Crippen molar-refractivity contribution in [2.45, 2.75) is 13.0 Å². The van der Waals surface area contributed by atoms with Gasteiger partial charge in [-0.05, 0) is 19.1 Å². The van der Waals surface area contributed by atoms with Crippen molar-refractivity contribution >= 4 is 32.7 Å². The molecule has 1 unspecified atom stereocenters. The van der Waals surface area contributed by atoms with Gasteiger partial charge in [0.2, 0.25) is 0 Å². The monoisotopic (exact) mass is 236 g/mol. The normalized spacial score (nSPS) is 12.6. The Kier molecular flexibility index (Phi) is 2.78. The molecule has 0 aliphatic heterocycles. The van der Waals surface area contributed by atoms with Crippen molar-refractivity contribution in [1.82, 2.24) is 4.98 Å². The van der Waals surface area contributed by atoms with E-state index in [1.54, 1.807) is 18.9 Å². The van der Waals surface area contributed by atoms with Crippen molar-refractivity contribution in [3.63, 3.8) is 0 Å². The third-order valence-electron chi connectivity index (χ3n) is 2.52. The minimum atomic E-state index is -0.846. The maximum Gasteiger partial charge on any atom is 0.326 e. The Morgan fingerprint density at radius 3 is 2.81 bits per heavy atom. The first-order valence-electron chi connectivity index (χ1n) is 4.91. The summed E-state index contributed by atoms with van der Waals surface area (Å²) in [6, 6.07) is 7.21. The first-order valence-corrected chi connectivity index (χ1v) is 5.72. The summed E-state index contributed by atoms with van der Waals surface area (Å²) in [6.07, 6.45) is 0. The molecule has 0 aliphatic rings. The van der Waals surface area contributed by atoms with Gasteiger partial charge < -0.3 is 10.0 Å². The molecular weight excluding hydrogens is 224 g/mol. The van der Waals surface area contributed by atoms with Crippen molar-refractivity contribution in [3.05, 3.63) is 24.3 Å². The van der Waals surface area contributed by atoms with Crippen molar-refractivity contribution in [3.8, 4) is 0 Å². The number of rotatable bonds is 3. The van der Waals surface area contributed by atoms with E-state index in [1.807, 2.05) is 24.3 Å². The lowest BCUT2D eigenvalue weighted by molar-refractivity contribution is -0.138. The van der Waals surface area contributed by atoms with Crippen molar-refractivity contribution in [2.75, 3.05) is 11.9 Å². The average Bonchev–Trinajstić information content (AvgIpc) is 2.70. The van der Waals surface area contributed by atoms with Gasteiger partial charge in [0, 0.05) is 7.05 Å². The van der Waals surface area contributed by atoms with Crippen LogP contribution in [0.2, 0.25) is 0 Å². The summed E-state index contributed by atoms with van der Waals surface area (Å²) in [5.41, 5.74) is 0.909. The minimum absolute atomic E-state index is 0.569. The van der Waals surface area contributed by atoms with E-state index in [4.69, 9.17) is 5.11 Å². The quantitative estimate of drug-likeness (QED) is 0.887. The summed E-state index contributed by atoms with van der Waals surface area (Å²) < 4.78 is 1.07. The molecule has 1 aromatic carbocycles. The fourth-order valence-electron chi connectivity index (χ4n) is 1.34. The molecule has 0 saturated heterocycles. The molecule has 1 N–H and O–H groups in total. The number of likely N-dealkylation sites (N-methyl/N-ethyl adjacent to an activating group) is 1. The molecule has 0 bridgehead atoms. The topological polar surface area (TPSA) is 53.4 Å². The van der Waals surface area contributed by atoms with Gasteiger partial charge in [0.05, 0.1) is 10.2 Å². The van der Waals surface area contributed by atoms with Gasteiger partial charge in [0.1, 0.15) is 6.04 Å². The largest absolute Gasteiger partial charge is 0.480 e. The number of nitrogens with zero attached hydrogens (tertiary/aromatic N) is 2. The highest BCUT2D eigenvalue weighted by molar-refractivity contribution is 7.22. The first kappa shape index (κ1) is 10.9. The van der Waals surface area contributed by atoms with Crippen LogP contribution in [0.25, 0.3) is 10.2 Å². The van der Waals surface area contributed by atoms with Gasteiger partial charge in [-0.3, -0.25) is 0 Å². The number of carboxylic acid groups (broad SMARTS) is 1. The van der Waals surface area contributed by atoms with E-state index in [0.29, 0.717) is 0 Å². The molecule has 84 valence electrons. The average molecular weight is 236 g/mol. The molecule has 0 aliphatic carbocycles. The van der Waals surface area contributed by atoms with E-state index in [0.717, 1.165) is 15.3 Å². The molecule has 1 aromatic heterocycles. The minimum Gasteiger partial charge on any atom is -0.480 e. The molecule has 5 heteroatoms. The Labute approximate surface area is 97.1 Å². The van der Waals surface area contributed by atoms with Gasteiger partial charge in [-0.15, -0.1) is 0 Å². The number of benzene rings is 1. The molecule has 0 fully saturated rings. The Hall–Kier alpha value is -1.62. The van der Waals surface area contributed by atoms with E-state index in [9.17, 15) is 4.79 Å². The van der Waals surface area contributed by atoms with Gasteiger partial charge in [-0.25, -0.2) is 9.78 Å². The number of thiazole rings is 1. The second-order valence-electron chi connectivity index (χ2n) is 3.59. The fraction of sp³-hybridized carbons (Fsp3) is 0.273. The Bertz CT molecular complexity index is 490. The summed E-state index contributed by atoms with van der Waals surface area (Å²) in [5.74, 6) is -0.846. The van der Waals surface area contributed by atoms with Crippen LogP contribution in [0, 0.1) is 0 Å². The summed E-state index contributed by atoms with van der Waals surface area (Å²) in [6.45, 7) is 1.65. The number of carbonyl (C=O) groups is 1. The van der Waals surface area contributed by atoms with Crippen molar-refractivity contribution in [2.24, 2.45) is 0 Å². The predicted molar refractivity (Wildman–Crippen MR) is 65.1 cm³/mol. The predicted octanol–water partition coefficient (Wildman–Crippen LogP) is 2.21. The van der Waals surface area contributed by atoms with E-state index >= 15 is 0 Å². The van der Waals surface area contributed by atoms with Gasteiger partial charge in [0.15, 0.2) is 5.13 Å². The van der Waals surface area contributed by atoms with E-state index in [1.165, 1.54) is 11.3 Å². The number of aliphatic carboxylic acids is 1. The van der Waals surface area contributed by atoms with Gasteiger partial charge in [-0.2, -0.15) is 0 Å². The Morgan fingerprint density at radius 2 is 2.19 bits per heavy atom. The number of hydrogen-bond donors (Lipinski definition) is 1. The molecule has 1 atom stereocenters. The van der Waals surface area contributed by atoms with Crippen LogP contribution in [0.4, 0.5) is 5.13 Å². The van der Waals surface area contributed by atoms with Crippen LogP contribution in [-0.4, -0.2) is 29.1 Å². The third kappa shape index (κ3) is 1.86. The zero-order valence-corrected chi connectivity index (χ0v) is 9.86. The van der Waals surface area contributed by atoms with Crippen molar-refractivity contribution < 1.29 is 9.90 Å². The highest BCUT2D eigenvalue weighted by Crippen LogP contribution is 2.28. The molecule has 0 amide bonds. The number of para-hydroxylation sites is 1. The van der Waals surface area contributed by atoms with Crippen LogP contribution in [0.3, 0.4) is 0 Å². The molecule has 16 heavy (non-hydrogen) atoms. The number of hydrogen-bond acceptors (Lipinski definition) is 4. The standard InChI is InChI=1S/C11H12N2O2S/c1-7(10(14)15)13(2)11-12-8-5-3-4-6-9(8)16-11/h3-7H,1-2H3,(H,14,15). The zero-order valence-electron chi connectivity index (χ0n) is 9.04. The lowest BCUT2D eigenvalue weighted by Crippen LogP contribution is -2.35. The number of fused-ring (bicyclic) bond motifs is 1. The number of carboxylic acids is 1. The lowest BCUT2D eigenvalue weighted by atomic mass is 10.3. The van der Waals surface area contributed by atoms with Gasteiger partial charge >= 0.3 is 5.97 Å². The molecule has 4 nitrogen and oxygen atoms in total. The molecule has 0 radical (unpaired) electrons. The molecule has 1 heterocycles. The second kappa shape index (κ2) is 4.09. The highest BCUT2D eigenvalue weighted by atomic mass is 32.1. The first-order chi connectivity index (χ1) is 7.59. The van der Waals surface area contributed by atoms with Crippen LogP contribution in [-0.2, 0) is 4.79 Å². The number of anilines is 1. The summed E-state index contributed by atoms with van der Waals surface area (Å²) >= 11 is 1.50. The zero-order chi connectivity index (χ0) is 11.7. The Morgan fingerprint density at radius 1 is 1.50 bits per heavy atom. The van der Waals surface area contributed by atoms with Gasteiger partial charge in [0.25, 0.3) is 0 Å². The molecular formula is C11H12N2O2S. The Balaban J connectivity index is 2.36. The SMILES string of the molecule is CC(C(=O)O)N(C)c1nc2ccccc2s1. The summed E-state index contributed by atoms with van der Waals surface area (Å²) in [7, 11) is 1.75. The smallest absolute Gasteiger partial charge is 0.326 e. The maximum absolute atomic E-state index is 10.9. The molecule has 2 aromatic rings. The van der Waals surface area contributed by atoms with Crippen molar-refractivity contribution in [1.29, 1.82) is 0 Å². The maximum atomic E-state index is 10.9. The number of aromatic nitrogens is 1. The highest BCUT2D eigenvalue weighted by Gasteiger charge is 2.19.